The second kappa shape index (κ2) is 7.42. The highest BCUT2D eigenvalue weighted by Gasteiger charge is 2.22. The average Bonchev–Trinajstić information content (AvgIpc) is 2.84. The molecule has 0 aliphatic heterocycles. The lowest BCUT2D eigenvalue weighted by Gasteiger charge is -2.15. The van der Waals surface area contributed by atoms with Crippen molar-refractivity contribution < 1.29 is 9.66 Å². The minimum atomic E-state index is -0.529. The number of aryl methyl sites for hydroxylation is 1. The quantitative estimate of drug-likeness (QED) is 0.442. The molecule has 0 saturated heterocycles. The number of halogens is 2. The molecular formula is C12H14Cl2N6O3. The molecule has 1 atom stereocenters. The van der Waals surface area contributed by atoms with Crippen LogP contribution in [-0.4, -0.2) is 37.7 Å². The molecule has 11 heteroatoms. The Balaban J connectivity index is 1.89. The molecule has 0 radical (unpaired) electrons. The number of ether oxygens (including phenoxy) is 1. The molecule has 124 valence electrons. The Morgan fingerprint density at radius 1 is 1.52 bits per heavy atom. The van der Waals surface area contributed by atoms with Gasteiger partial charge in [0.1, 0.15) is 16.5 Å². The lowest BCUT2D eigenvalue weighted by molar-refractivity contribution is -0.386. The summed E-state index contributed by atoms with van der Waals surface area (Å²) in [6, 6.07) is -0.0541. The summed E-state index contributed by atoms with van der Waals surface area (Å²) in [6.45, 7) is 3.67. The van der Waals surface area contributed by atoms with E-state index >= 15 is 0 Å². The van der Waals surface area contributed by atoms with Gasteiger partial charge in [-0.05, 0) is 25.4 Å². The molecule has 0 bridgehead atoms. The van der Waals surface area contributed by atoms with Crippen molar-refractivity contribution >= 4 is 34.7 Å². The van der Waals surface area contributed by atoms with Gasteiger partial charge in [-0.2, -0.15) is 10.1 Å². The predicted molar refractivity (Wildman–Crippen MR) is 85.2 cm³/mol. The van der Waals surface area contributed by atoms with E-state index in [1.54, 1.807) is 0 Å². The topological polar surface area (TPSA) is 119 Å². The minimum absolute atomic E-state index is 0.0443. The van der Waals surface area contributed by atoms with Gasteiger partial charge in [-0.15, -0.1) is 0 Å². The molecule has 23 heavy (non-hydrogen) atoms. The smallest absolute Gasteiger partial charge is 0.353 e. The van der Waals surface area contributed by atoms with Crippen molar-refractivity contribution in [1.82, 2.24) is 20.2 Å². The van der Waals surface area contributed by atoms with Crippen molar-refractivity contribution in [3.8, 4) is 5.88 Å². The Morgan fingerprint density at radius 3 is 2.96 bits per heavy atom. The monoisotopic (exact) mass is 360 g/mol. The van der Waals surface area contributed by atoms with Gasteiger partial charge in [0.15, 0.2) is 0 Å². The lowest BCUT2D eigenvalue weighted by atomic mass is 10.2. The van der Waals surface area contributed by atoms with Crippen LogP contribution in [0.15, 0.2) is 6.20 Å². The van der Waals surface area contributed by atoms with Crippen LogP contribution in [0.3, 0.4) is 0 Å². The molecule has 0 fully saturated rings. The van der Waals surface area contributed by atoms with Gasteiger partial charge < -0.3 is 10.1 Å². The maximum atomic E-state index is 10.9. The predicted octanol–water partition coefficient (Wildman–Crippen LogP) is 2.99. The molecule has 2 rings (SSSR count). The number of nitrogens with one attached hydrogen (secondary N) is 2. The van der Waals surface area contributed by atoms with Crippen molar-refractivity contribution in [1.29, 1.82) is 0 Å². The van der Waals surface area contributed by atoms with Crippen LogP contribution in [0.2, 0.25) is 10.3 Å². The Morgan fingerprint density at radius 2 is 2.26 bits per heavy atom. The highest BCUT2D eigenvalue weighted by molar-refractivity contribution is 6.33. The molecule has 9 nitrogen and oxygen atoms in total. The summed E-state index contributed by atoms with van der Waals surface area (Å²) in [5.74, 6) is 0.463. The third kappa shape index (κ3) is 4.42. The molecule has 2 N–H and O–H groups in total. The molecule has 0 spiro atoms. The average molecular weight is 361 g/mol. The van der Waals surface area contributed by atoms with E-state index in [1.165, 1.54) is 13.1 Å². The second-order valence-corrected chi connectivity index (χ2v) is 5.51. The Bertz CT molecular complexity index is 708. The van der Waals surface area contributed by atoms with Crippen molar-refractivity contribution in [2.75, 3.05) is 11.9 Å². The molecule has 0 aliphatic carbocycles. The first-order valence-corrected chi connectivity index (χ1v) is 7.40. The molecule has 0 aliphatic rings. The van der Waals surface area contributed by atoms with E-state index in [4.69, 9.17) is 27.9 Å². The van der Waals surface area contributed by atoms with Crippen molar-refractivity contribution in [2.24, 2.45) is 0 Å². The lowest BCUT2D eigenvalue weighted by Crippen LogP contribution is -2.19. The summed E-state index contributed by atoms with van der Waals surface area (Å²) < 4.78 is 5.39. The highest BCUT2D eigenvalue weighted by atomic mass is 35.5. The van der Waals surface area contributed by atoms with Gasteiger partial charge in [0, 0.05) is 12.5 Å². The zero-order valence-corrected chi connectivity index (χ0v) is 13.9. The highest BCUT2D eigenvalue weighted by Crippen LogP contribution is 2.27. The van der Waals surface area contributed by atoms with Crippen molar-refractivity contribution in [3.63, 3.8) is 0 Å². The summed E-state index contributed by atoms with van der Waals surface area (Å²) in [5, 5.41) is 20.7. The van der Waals surface area contributed by atoms with Crippen molar-refractivity contribution in [2.45, 2.75) is 26.3 Å². The van der Waals surface area contributed by atoms with Gasteiger partial charge in [-0.1, -0.05) is 11.6 Å². The van der Waals surface area contributed by atoms with Gasteiger partial charge in [-0.3, -0.25) is 10.1 Å². The van der Waals surface area contributed by atoms with Crippen molar-refractivity contribution in [3.05, 3.63) is 32.3 Å². The van der Waals surface area contributed by atoms with Gasteiger partial charge in [0.25, 0.3) is 5.88 Å². The van der Waals surface area contributed by atoms with E-state index in [-0.39, 0.29) is 35.2 Å². The first-order valence-electron chi connectivity index (χ1n) is 6.65. The number of aromatic nitrogens is 4. The molecular weight excluding hydrogens is 347 g/mol. The molecule has 0 unspecified atom stereocenters. The van der Waals surface area contributed by atoms with Crippen LogP contribution in [-0.2, 0) is 0 Å². The van der Waals surface area contributed by atoms with Crippen LogP contribution in [0.1, 0.15) is 19.0 Å². The fraction of sp³-hybridized carbons (Fsp3) is 0.417. The number of nitro groups is 1. The molecule has 2 heterocycles. The van der Waals surface area contributed by atoms with Crippen LogP contribution in [0, 0.1) is 17.0 Å². The van der Waals surface area contributed by atoms with E-state index in [0.717, 1.165) is 0 Å². The summed E-state index contributed by atoms with van der Waals surface area (Å²) >= 11 is 11.7. The van der Waals surface area contributed by atoms with Gasteiger partial charge in [0.2, 0.25) is 5.28 Å². The van der Waals surface area contributed by atoms with Gasteiger partial charge >= 0.3 is 5.69 Å². The third-order valence-corrected chi connectivity index (χ3v) is 3.42. The van der Waals surface area contributed by atoms with Crippen LogP contribution >= 0.6 is 23.2 Å². The van der Waals surface area contributed by atoms with E-state index in [0.29, 0.717) is 17.3 Å². The third-order valence-electron chi connectivity index (χ3n) is 2.96. The number of hydrogen-bond acceptors (Lipinski definition) is 7. The van der Waals surface area contributed by atoms with E-state index in [1.807, 2.05) is 6.92 Å². The Labute approximate surface area is 141 Å². The standard InChI is InChI=1S/C12H14Cl2N6O3/c1-6(16-10-8(13)5-15-12(14)17-10)3-4-23-11-9(20(21)22)7(2)18-19-11/h5-6H,3-4H2,1-2H3,(H,18,19)(H,15,16,17)/t6-/m1/s1. The van der Waals surface area contributed by atoms with Crippen LogP contribution in [0.4, 0.5) is 11.5 Å². The fourth-order valence-electron chi connectivity index (χ4n) is 1.81. The minimum Gasteiger partial charge on any atom is -0.473 e. The van der Waals surface area contributed by atoms with E-state index < -0.39 is 4.92 Å². The van der Waals surface area contributed by atoms with Gasteiger partial charge in [0.05, 0.1) is 17.7 Å². The second-order valence-electron chi connectivity index (χ2n) is 4.76. The molecule has 0 saturated carbocycles. The van der Waals surface area contributed by atoms with Crippen LogP contribution in [0.25, 0.3) is 0 Å². The van der Waals surface area contributed by atoms with E-state index in [2.05, 4.69) is 25.5 Å². The molecule has 2 aromatic heterocycles. The van der Waals surface area contributed by atoms with Crippen LogP contribution < -0.4 is 10.1 Å². The van der Waals surface area contributed by atoms with Crippen LogP contribution in [0.5, 0.6) is 5.88 Å². The number of nitrogens with zero attached hydrogens (tertiary/aromatic N) is 4. The van der Waals surface area contributed by atoms with Gasteiger partial charge in [-0.25, -0.2) is 10.1 Å². The number of aromatic amines is 1. The molecule has 0 amide bonds. The number of hydrogen-bond donors (Lipinski definition) is 2. The zero-order valence-electron chi connectivity index (χ0n) is 12.3. The summed E-state index contributed by atoms with van der Waals surface area (Å²) in [7, 11) is 0. The molecule has 2 aromatic rings. The maximum Gasteiger partial charge on any atom is 0.353 e. The zero-order chi connectivity index (χ0) is 17.0. The largest absolute Gasteiger partial charge is 0.473 e. The SMILES string of the molecule is Cc1n[nH]c(OCC[C@@H](C)Nc2nc(Cl)ncc2Cl)c1[N+](=O)[O-]. The Kier molecular flexibility index (Phi) is 5.56. The first-order chi connectivity index (χ1) is 10.9. The Hall–Kier alpha value is -2.13. The molecule has 0 aromatic carbocycles. The summed E-state index contributed by atoms with van der Waals surface area (Å²) in [4.78, 5) is 18.1. The maximum absolute atomic E-state index is 10.9. The summed E-state index contributed by atoms with van der Waals surface area (Å²) in [6.07, 6.45) is 1.95. The summed E-state index contributed by atoms with van der Waals surface area (Å²) in [5.41, 5.74) is 0.120. The number of anilines is 1. The number of rotatable bonds is 7. The normalized spacial score (nSPS) is 12.0. The number of H-pyrrole nitrogens is 1. The first kappa shape index (κ1) is 17.2. The fourth-order valence-corrected chi connectivity index (χ4v) is 2.09. The van der Waals surface area contributed by atoms with E-state index in [9.17, 15) is 10.1 Å².